The van der Waals surface area contributed by atoms with E-state index in [0.717, 1.165) is 0 Å². The Balaban J connectivity index is 0.000000396. The molecule has 0 aromatic carbocycles. The highest BCUT2D eigenvalue weighted by molar-refractivity contribution is 5.71. The predicted octanol–water partition coefficient (Wildman–Crippen LogP) is 0.981. The monoisotopic (exact) mass is 180 g/mol. The van der Waals surface area contributed by atoms with Gasteiger partial charge in [0.05, 0.1) is 6.20 Å². The summed E-state index contributed by atoms with van der Waals surface area (Å²) in [6, 6.07) is 0. The molecule has 5 nitrogen and oxygen atoms in total. The summed E-state index contributed by atoms with van der Waals surface area (Å²) in [6.45, 7) is 5.72. The number of aromatic amines is 2. The lowest BCUT2D eigenvalue weighted by Gasteiger charge is -1.89. The second-order valence-electron chi connectivity index (χ2n) is 2.28. The van der Waals surface area contributed by atoms with Gasteiger partial charge in [-0.1, -0.05) is 13.8 Å². The number of H-pyrrole nitrogens is 2. The van der Waals surface area contributed by atoms with E-state index in [4.69, 9.17) is 0 Å². The fourth-order valence-electron chi connectivity index (χ4n) is 0.958. The van der Waals surface area contributed by atoms with Gasteiger partial charge in [-0.3, -0.25) is 9.89 Å². The van der Waals surface area contributed by atoms with Gasteiger partial charge in [-0.05, 0) is 6.92 Å². The molecule has 0 atom stereocenters. The smallest absolute Gasteiger partial charge is 0.262 e. The summed E-state index contributed by atoms with van der Waals surface area (Å²) in [5.74, 6) is 0.590. The molecular weight excluding hydrogens is 168 g/mol. The largest absolute Gasteiger partial charge is 0.310 e. The van der Waals surface area contributed by atoms with Crippen LogP contribution in [0, 0.1) is 6.92 Å². The molecule has 70 valence electrons. The summed E-state index contributed by atoms with van der Waals surface area (Å²) in [6.07, 6.45) is 1.46. The zero-order chi connectivity index (χ0) is 9.84. The average molecular weight is 180 g/mol. The molecule has 13 heavy (non-hydrogen) atoms. The van der Waals surface area contributed by atoms with Gasteiger partial charge in [0.1, 0.15) is 11.2 Å². The fourth-order valence-corrected chi connectivity index (χ4v) is 0.958. The number of nitrogens with one attached hydrogen (secondary N) is 2. The molecule has 0 fully saturated rings. The minimum atomic E-state index is -0.152. The maximum absolute atomic E-state index is 11.1. The first-order chi connectivity index (χ1) is 6.27. The van der Waals surface area contributed by atoms with Crippen molar-refractivity contribution < 1.29 is 0 Å². The van der Waals surface area contributed by atoms with Crippen molar-refractivity contribution in [3.8, 4) is 0 Å². The Morgan fingerprint density at radius 3 is 2.77 bits per heavy atom. The van der Waals surface area contributed by atoms with Crippen LogP contribution in [0.2, 0.25) is 0 Å². The van der Waals surface area contributed by atoms with Crippen LogP contribution in [-0.4, -0.2) is 20.2 Å². The van der Waals surface area contributed by atoms with Gasteiger partial charge in [0.2, 0.25) is 0 Å². The molecule has 0 bridgehead atoms. The zero-order valence-corrected chi connectivity index (χ0v) is 7.88. The van der Waals surface area contributed by atoms with E-state index in [1.54, 1.807) is 6.92 Å². The summed E-state index contributed by atoms with van der Waals surface area (Å²) < 4.78 is 0. The lowest BCUT2D eigenvalue weighted by molar-refractivity contribution is 1.03. The van der Waals surface area contributed by atoms with Crippen LogP contribution in [0.5, 0.6) is 0 Å². The van der Waals surface area contributed by atoms with Crippen molar-refractivity contribution in [2.24, 2.45) is 0 Å². The molecule has 2 rings (SSSR count). The second-order valence-corrected chi connectivity index (χ2v) is 2.28. The first-order valence-corrected chi connectivity index (χ1v) is 4.17. The van der Waals surface area contributed by atoms with Crippen molar-refractivity contribution in [2.75, 3.05) is 0 Å². The molecule has 2 heterocycles. The van der Waals surface area contributed by atoms with Crippen LogP contribution in [0.25, 0.3) is 11.0 Å². The third kappa shape index (κ3) is 1.74. The lowest BCUT2D eigenvalue weighted by atomic mass is 10.4. The van der Waals surface area contributed by atoms with Gasteiger partial charge in [-0.25, -0.2) is 4.98 Å². The quantitative estimate of drug-likeness (QED) is 0.634. The minimum Gasteiger partial charge on any atom is -0.310 e. The highest BCUT2D eigenvalue weighted by Gasteiger charge is 2.00. The molecule has 0 unspecified atom stereocenters. The number of aryl methyl sites for hydroxylation is 1. The maximum Gasteiger partial charge on any atom is 0.262 e. The van der Waals surface area contributed by atoms with Crippen LogP contribution in [0.3, 0.4) is 0 Å². The SMILES string of the molecule is CC.Cc1nc2[nH]ncc2c(=O)[nH]1. The molecule has 5 heteroatoms. The van der Waals surface area contributed by atoms with E-state index in [9.17, 15) is 4.79 Å². The Bertz CT molecular complexity index is 443. The number of aromatic nitrogens is 4. The molecule has 0 saturated heterocycles. The van der Waals surface area contributed by atoms with Crippen LogP contribution in [-0.2, 0) is 0 Å². The lowest BCUT2D eigenvalue weighted by Crippen LogP contribution is -2.08. The highest BCUT2D eigenvalue weighted by atomic mass is 16.1. The number of hydrogen-bond acceptors (Lipinski definition) is 3. The fraction of sp³-hybridized carbons (Fsp3) is 0.375. The van der Waals surface area contributed by atoms with Crippen molar-refractivity contribution in [1.82, 2.24) is 20.2 Å². The van der Waals surface area contributed by atoms with E-state index < -0.39 is 0 Å². The molecule has 2 aromatic rings. The van der Waals surface area contributed by atoms with E-state index in [1.165, 1.54) is 6.20 Å². The molecule has 0 aliphatic rings. The van der Waals surface area contributed by atoms with E-state index in [0.29, 0.717) is 16.9 Å². The number of rotatable bonds is 0. The van der Waals surface area contributed by atoms with Crippen LogP contribution in [0.4, 0.5) is 0 Å². The molecule has 0 aliphatic carbocycles. The van der Waals surface area contributed by atoms with E-state index in [1.807, 2.05) is 13.8 Å². The van der Waals surface area contributed by atoms with Crippen molar-refractivity contribution in [3.05, 3.63) is 22.4 Å². The van der Waals surface area contributed by atoms with Gasteiger partial charge in [-0.2, -0.15) is 5.10 Å². The second kappa shape index (κ2) is 3.84. The highest BCUT2D eigenvalue weighted by Crippen LogP contribution is 1.98. The molecular formula is C8H12N4O. The Hall–Kier alpha value is -1.65. The Morgan fingerprint density at radius 1 is 1.38 bits per heavy atom. The Labute approximate surface area is 75.2 Å². The first kappa shape index (κ1) is 9.44. The summed E-state index contributed by atoms with van der Waals surface area (Å²) in [4.78, 5) is 17.7. The molecule has 0 spiro atoms. The van der Waals surface area contributed by atoms with Gasteiger partial charge in [0.25, 0.3) is 5.56 Å². The van der Waals surface area contributed by atoms with Crippen LogP contribution < -0.4 is 5.56 Å². The van der Waals surface area contributed by atoms with Crippen molar-refractivity contribution >= 4 is 11.0 Å². The Kier molecular flexibility index (Phi) is 2.79. The van der Waals surface area contributed by atoms with Crippen molar-refractivity contribution in [1.29, 1.82) is 0 Å². The predicted molar refractivity (Wildman–Crippen MR) is 50.6 cm³/mol. The number of nitrogens with zero attached hydrogens (tertiary/aromatic N) is 2. The van der Waals surface area contributed by atoms with Crippen LogP contribution in [0.1, 0.15) is 19.7 Å². The summed E-state index contributed by atoms with van der Waals surface area (Å²) in [5, 5.41) is 6.81. The zero-order valence-electron chi connectivity index (χ0n) is 7.88. The summed E-state index contributed by atoms with van der Waals surface area (Å²) in [5.41, 5.74) is 0.382. The molecule has 0 saturated carbocycles. The normalized spacial score (nSPS) is 9.46. The average Bonchev–Trinajstić information content (AvgIpc) is 2.55. The standard InChI is InChI=1S/C6H6N4O.C2H6/c1-3-8-5-4(2-7-10-5)6(11)9-3;1-2/h2H,1H3,(H2,7,8,9,10,11);1-2H3. The van der Waals surface area contributed by atoms with Gasteiger partial charge in [0.15, 0.2) is 5.65 Å². The molecule has 0 amide bonds. The van der Waals surface area contributed by atoms with Crippen LogP contribution in [0.15, 0.2) is 11.0 Å². The minimum absolute atomic E-state index is 0.152. The van der Waals surface area contributed by atoms with Gasteiger partial charge in [0, 0.05) is 0 Å². The van der Waals surface area contributed by atoms with Gasteiger partial charge in [-0.15, -0.1) is 0 Å². The van der Waals surface area contributed by atoms with E-state index >= 15 is 0 Å². The molecule has 2 aromatic heterocycles. The molecule has 0 aliphatic heterocycles. The third-order valence-corrected chi connectivity index (χ3v) is 1.44. The van der Waals surface area contributed by atoms with Gasteiger partial charge >= 0.3 is 0 Å². The summed E-state index contributed by atoms with van der Waals surface area (Å²) in [7, 11) is 0. The Morgan fingerprint density at radius 2 is 2.08 bits per heavy atom. The third-order valence-electron chi connectivity index (χ3n) is 1.44. The number of fused-ring (bicyclic) bond motifs is 1. The van der Waals surface area contributed by atoms with E-state index in [2.05, 4.69) is 20.2 Å². The topological polar surface area (TPSA) is 74.4 Å². The summed E-state index contributed by atoms with van der Waals surface area (Å²) >= 11 is 0. The molecule has 0 radical (unpaired) electrons. The van der Waals surface area contributed by atoms with E-state index in [-0.39, 0.29) is 5.56 Å². The van der Waals surface area contributed by atoms with Crippen molar-refractivity contribution in [3.63, 3.8) is 0 Å². The first-order valence-electron chi connectivity index (χ1n) is 4.17. The maximum atomic E-state index is 11.1. The van der Waals surface area contributed by atoms with Crippen molar-refractivity contribution in [2.45, 2.75) is 20.8 Å². The van der Waals surface area contributed by atoms with Gasteiger partial charge < -0.3 is 4.98 Å². The number of hydrogen-bond donors (Lipinski definition) is 2. The molecule has 2 N–H and O–H groups in total. The van der Waals surface area contributed by atoms with Crippen LogP contribution >= 0.6 is 0 Å².